The number of aliphatic hydroxyl groups is 1. The predicted octanol–water partition coefficient (Wildman–Crippen LogP) is 0.614. The first kappa shape index (κ1) is 12.8. The van der Waals surface area contributed by atoms with Crippen molar-refractivity contribution in [3.05, 3.63) is 18.0 Å². The van der Waals surface area contributed by atoms with E-state index in [0.29, 0.717) is 18.1 Å². The number of hydrogen-bond donors (Lipinski definition) is 1. The van der Waals surface area contributed by atoms with Crippen molar-refractivity contribution < 1.29 is 14.6 Å². The molecule has 0 spiro atoms. The predicted molar refractivity (Wildman–Crippen MR) is 65.4 cm³/mol. The Hall–Kier alpha value is -1.69. The van der Waals surface area contributed by atoms with Gasteiger partial charge in [-0.3, -0.25) is 0 Å². The molecule has 0 aromatic carbocycles. The molecule has 1 fully saturated rings. The molecule has 1 N–H and O–H groups in total. The summed E-state index contributed by atoms with van der Waals surface area (Å²) >= 11 is 0. The van der Waals surface area contributed by atoms with Gasteiger partial charge < -0.3 is 14.7 Å². The maximum Gasteiger partial charge on any atom is 0.341 e. The number of carbonyl (C=O) groups is 1. The molecule has 2 heterocycles. The van der Waals surface area contributed by atoms with Crippen LogP contribution in [0.15, 0.2) is 12.4 Å². The lowest BCUT2D eigenvalue weighted by Crippen LogP contribution is -2.33. The highest BCUT2D eigenvalue weighted by atomic mass is 16.5. The van der Waals surface area contributed by atoms with Gasteiger partial charge in [0.25, 0.3) is 0 Å². The topological polar surface area (TPSA) is 75.5 Å². The van der Waals surface area contributed by atoms with Gasteiger partial charge in [0.1, 0.15) is 0 Å². The van der Waals surface area contributed by atoms with Gasteiger partial charge in [-0.05, 0) is 19.8 Å². The van der Waals surface area contributed by atoms with E-state index in [1.165, 1.54) is 12.4 Å². The Labute approximate surface area is 106 Å². The zero-order chi connectivity index (χ0) is 13.0. The molecular formula is C12H17N3O3. The number of carbonyl (C=O) groups excluding carboxylic acids is 1. The number of anilines is 1. The minimum Gasteiger partial charge on any atom is -0.462 e. The van der Waals surface area contributed by atoms with Gasteiger partial charge in [-0.2, -0.15) is 0 Å². The van der Waals surface area contributed by atoms with Gasteiger partial charge in [0.15, 0.2) is 0 Å². The van der Waals surface area contributed by atoms with Crippen LogP contribution in [-0.2, 0) is 4.74 Å². The first-order valence-corrected chi connectivity index (χ1v) is 6.13. The van der Waals surface area contributed by atoms with Gasteiger partial charge >= 0.3 is 5.97 Å². The normalized spacial score (nSPS) is 19.0. The summed E-state index contributed by atoms with van der Waals surface area (Å²) in [4.78, 5) is 21.7. The molecule has 0 radical (unpaired) electrons. The van der Waals surface area contributed by atoms with Crippen molar-refractivity contribution in [3.63, 3.8) is 0 Å². The van der Waals surface area contributed by atoms with Crippen molar-refractivity contribution in [2.75, 3.05) is 24.7 Å². The van der Waals surface area contributed by atoms with Crippen molar-refractivity contribution in [2.45, 2.75) is 25.8 Å². The fourth-order valence-corrected chi connectivity index (χ4v) is 2.08. The van der Waals surface area contributed by atoms with Crippen molar-refractivity contribution in [3.8, 4) is 0 Å². The smallest absolute Gasteiger partial charge is 0.341 e. The first-order chi connectivity index (χ1) is 8.76. The summed E-state index contributed by atoms with van der Waals surface area (Å²) in [7, 11) is 0. The molecule has 98 valence electrons. The van der Waals surface area contributed by atoms with Crippen LogP contribution in [0.4, 0.5) is 5.95 Å². The van der Waals surface area contributed by atoms with Crippen LogP contribution < -0.4 is 4.90 Å². The summed E-state index contributed by atoms with van der Waals surface area (Å²) < 4.78 is 4.86. The summed E-state index contributed by atoms with van der Waals surface area (Å²) in [6, 6.07) is 0.0819. The number of aromatic nitrogens is 2. The average Bonchev–Trinajstić information content (AvgIpc) is 2.87. The average molecular weight is 251 g/mol. The summed E-state index contributed by atoms with van der Waals surface area (Å²) in [5.74, 6) is 0.142. The Morgan fingerprint density at radius 1 is 1.56 bits per heavy atom. The lowest BCUT2D eigenvalue weighted by Gasteiger charge is -2.22. The molecule has 6 nitrogen and oxygen atoms in total. The second kappa shape index (κ2) is 5.77. The molecule has 2 rings (SSSR count). The second-order valence-electron chi connectivity index (χ2n) is 4.16. The quantitative estimate of drug-likeness (QED) is 0.790. The molecule has 1 aromatic rings. The minimum absolute atomic E-state index is 0.0819. The number of esters is 1. The van der Waals surface area contributed by atoms with Crippen LogP contribution >= 0.6 is 0 Å². The lowest BCUT2D eigenvalue weighted by atomic mass is 10.2. The zero-order valence-corrected chi connectivity index (χ0v) is 10.4. The van der Waals surface area contributed by atoms with Crippen LogP contribution in [0, 0.1) is 0 Å². The van der Waals surface area contributed by atoms with Crippen LogP contribution in [0.2, 0.25) is 0 Å². The van der Waals surface area contributed by atoms with E-state index >= 15 is 0 Å². The highest BCUT2D eigenvalue weighted by Crippen LogP contribution is 2.21. The van der Waals surface area contributed by atoms with E-state index in [9.17, 15) is 9.90 Å². The summed E-state index contributed by atoms with van der Waals surface area (Å²) in [5.41, 5.74) is 0.348. The van der Waals surface area contributed by atoms with Crippen LogP contribution in [0.5, 0.6) is 0 Å². The van der Waals surface area contributed by atoms with E-state index in [4.69, 9.17) is 4.74 Å². The van der Waals surface area contributed by atoms with Crippen molar-refractivity contribution in [1.82, 2.24) is 9.97 Å². The van der Waals surface area contributed by atoms with Crippen molar-refractivity contribution in [1.29, 1.82) is 0 Å². The van der Waals surface area contributed by atoms with Crippen LogP contribution in [0.3, 0.4) is 0 Å². The molecule has 0 unspecified atom stereocenters. The minimum atomic E-state index is -0.413. The van der Waals surface area contributed by atoms with Crippen LogP contribution in [-0.4, -0.2) is 46.8 Å². The van der Waals surface area contributed by atoms with E-state index < -0.39 is 5.97 Å². The molecule has 1 saturated heterocycles. The number of aliphatic hydroxyl groups excluding tert-OH is 1. The molecule has 0 amide bonds. The monoisotopic (exact) mass is 251 g/mol. The summed E-state index contributed by atoms with van der Waals surface area (Å²) in [5, 5.41) is 9.24. The molecule has 6 heteroatoms. The number of rotatable bonds is 4. The fraction of sp³-hybridized carbons (Fsp3) is 0.583. The molecule has 18 heavy (non-hydrogen) atoms. The van der Waals surface area contributed by atoms with Gasteiger partial charge in [-0.25, -0.2) is 14.8 Å². The maximum absolute atomic E-state index is 11.4. The standard InChI is InChI=1S/C12H17N3O3/c1-2-18-11(17)9-6-13-12(14-7-9)15-5-3-4-10(15)8-16/h6-7,10,16H,2-5,8H2,1H3/t10-/m1/s1. The Bertz CT molecular complexity index is 408. The van der Waals surface area contributed by atoms with Gasteiger partial charge in [0, 0.05) is 18.9 Å². The highest BCUT2D eigenvalue weighted by molar-refractivity contribution is 5.88. The lowest BCUT2D eigenvalue weighted by molar-refractivity contribution is 0.0525. The molecule has 1 aromatic heterocycles. The molecule has 0 bridgehead atoms. The number of hydrogen-bond acceptors (Lipinski definition) is 6. The second-order valence-corrected chi connectivity index (χ2v) is 4.16. The van der Waals surface area contributed by atoms with E-state index in [-0.39, 0.29) is 12.6 Å². The van der Waals surface area contributed by atoms with E-state index in [1.54, 1.807) is 6.92 Å². The van der Waals surface area contributed by atoms with E-state index in [1.807, 2.05) is 4.90 Å². The Balaban J connectivity index is 2.10. The van der Waals surface area contributed by atoms with Crippen LogP contribution in [0.1, 0.15) is 30.1 Å². The van der Waals surface area contributed by atoms with Gasteiger partial charge in [0.2, 0.25) is 5.95 Å². The zero-order valence-electron chi connectivity index (χ0n) is 10.4. The third kappa shape index (κ3) is 2.59. The van der Waals surface area contributed by atoms with Crippen molar-refractivity contribution >= 4 is 11.9 Å². The van der Waals surface area contributed by atoms with E-state index in [2.05, 4.69) is 9.97 Å². The molecule has 1 aliphatic rings. The molecule has 0 saturated carbocycles. The number of ether oxygens (including phenoxy) is 1. The van der Waals surface area contributed by atoms with Crippen LogP contribution in [0.25, 0.3) is 0 Å². The third-order valence-electron chi connectivity index (χ3n) is 2.99. The Morgan fingerprint density at radius 2 is 2.28 bits per heavy atom. The van der Waals surface area contributed by atoms with Crippen molar-refractivity contribution in [2.24, 2.45) is 0 Å². The molecular weight excluding hydrogens is 234 g/mol. The molecule has 1 aliphatic heterocycles. The fourth-order valence-electron chi connectivity index (χ4n) is 2.08. The third-order valence-corrected chi connectivity index (χ3v) is 2.99. The Kier molecular flexibility index (Phi) is 4.09. The maximum atomic E-state index is 11.4. The molecule has 1 atom stereocenters. The Morgan fingerprint density at radius 3 is 2.89 bits per heavy atom. The largest absolute Gasteiger partial charge is 0.462 e. The number of nitrogens with zero attached hydrogens (tertiary/aromatic N) is 3. The SMILES string of the molecule is CCOC(=O)c1cnc(N2CCC[C@@H]2CO)nc1. The van der Waals surface area contributed by atoms with Gasteiger partial charge in [-0.15, -0.1) is 0 Å². The summed E-state index contributed by atoms with van der Waals surface area (Å²) in [6.07, 6.45) is 4.90. The van der Waals surface area contributed by atoms with E-state index in [0.717, 1.165) is 19.4 Å². The van der Waals surface area contributed by atoms with Gasteiger partial charge in [-0.1, -0.05) is 0 Å². The van der Waals surface area contributed by atoms with Gasteiger partial charge in [0.05, 0.1) is 24.8 Å². The first-order valence-electron chi connectivity index (χ1n) is 6.13. The highest BCUT2D eigenvalue weighted by Gasteiger charge is 2.25. The summed E-state index contributed by atoms with van der Waals surface area (Å²) in [6.45, 7) is 3.02. The molecule has 0 aliphatic carbocycles.